The highest BCUT2D eigenvalue weighted by molar-refractivity contribution is 6.31. The van der Waals surface area contributed by atoms with Crippen LogP contribution in [-0.2, 0) is 4.79 Å². The molecule has 3 atom stereocenters. The Morgan fingerprint density at radius 3 is 2.50 bits per heavy atom. The monoisotopic (exact) mass is 649 g/mol. The van der Waals surface area contributed by atoms with E-state index < -0.39 is 17.9 Å². The Morgan fingerprint density at radius 2 is 1.76 bits per heavy atom. The van der Waals surface area contributed by atoms with Crippen LogP contribution in [0.4, 0.5) is 18.9 Å². The lowest BCUT2D eigenvalue weighted by molar-refractivity contribution is -0.124. The van der Waals surface area contributed by atoms with E-state index in [2.05, 4.69) is 26.2 Å². The van der Waals surface area contributed by atoms with Gasteiger partial charge < -0.3 is 5.32 Å². The molecule has 9 nitrogen and oxygen atoms in total. The molecule has 0 radical (unpaired) electrons. The highest BCUT2D eigenvalue weighted by Crippen LogP contribution is 2.35. The van der Waals surface area contributed by atoms with E-state index in [1.165, 1.54) is 29.1 Å². The molecule has 3 N–H and O–H groups in total. The first-order valence-electron chi connectivity index (χ1n) is 14.8. The molecule has 13 heteroatoms. The minimum atomic E-state index is -4.59. The van der Waals surface area contributed by atoms with E-state index in [-0.39, 0.29) is 29.0 Å². The SMILES string of the molecule is C[C@@H]1CCC[C@H](n2cnc(-c3cc(Cl)ccc3N3C=C(C(F)(F)F)NN3)cc2=O)c2cc(ccn2)C(c2ccccc2)CNC1=O. The molecule has 2 aromatic carbocycles. The predicted octanol–water partition coefficient (Wildman–Crippen LogP) is 5.85. The maximum atomic E-state index is 13.8. The van der Waals surface area contributed by atoms with Gasteiger partial charge in [0.15, 0.2) is 5.70 Å². The number of fused-ring (bicyclic) bond motifs is 2. The van der Waals surface area contributed by atoms with Crippen molar-refractivity contribution < 1.29 is 18.0 Å². The summed E-state index contributed by atoms with van der Waals surface area (Å²) >= 11 is 6.27. The molecule has 4 heterocycles. The molecule has 0 saturated heterocycles. The molecule has 2 aromatic heterocycles. The smallest absolute Gasteiger partial charge is 0.355 e. The fourth-order valence-corrected chi connectivity index (χ4v) is 6.01. The van der Waals surface area contributed by atoms with Gasteiger partial charge in [-0.2, -0.15) is 13.2 Å². The average Bonchev–Trinajstić information content (AvgIpc) is 3.55. The van der Waals surface area contributed by atoms with Gasteiger partial charge in [-0.1, -0.05) is 55.3 Å². The Labute approximate surface area is 268 Å². The maximum Gasteiger partial charge on any atom is 0.433 e. The second kappa shape index (κ2) is 13.0. The molecule has 238 valence electrons. The summed E-state index contributed by atoms with van der Waals surface area (Å²) in [5.74, 6) is -0.368. The number of halogens is 4. The van der Waals surface area contributed by atoms with Crippen molar-refractivity contribution in [2.24, 2.45) is 5.92 Å². The van der Waals surface area contributed by atoms with Gasteiger partial charge in [0.1, 0.15) is 0 Å². The van der Waals surface area contributed by atoms with Gasteiger partial charge in [-0.25, -0.2) is 4.98 Å². The molecule has 0 aliphatic carbocycles. The third-order valence-electron chi connectivity index (χ3n) is 8.33. The van der Waals surface area contributed by atoms with Crippen LogP contribution < -0.4 is 26.8 Å². The molecule has 2 aliphatic rings. The van der Waals surface area contributed by atoms with Gasteiger partial charge in [-0.05, 0) is 54.3 Å². The first kappa shape index (κ1) is 31.3. The van der Waals surface area contributed by atoms with E-state index >= 15 is 0 Å². The third-order valence-corrected chi connectivity index (χ3v) is 8.57. The molecule has 6 rings (SSSR count). The molecule has 4 aromatic rings. The maximum absolute atomic E-state index is 13.8. The Morgan fingerprint density at radius 1 is 0.957 bits per heavy atom. The summed E-state index contributed by atoms with van der Waals surface area (Å²) in [6.07, 6.45) is 1.24. The van der Waals surface area contributed by atoms with E-state index in [9.17, 15) is 22.8 Å². The zero-order chi connectivity index (χ0) is 32.4. The molecular weight excluding hydrogens is 619 g/mol. The number of nitrogens with one attached hydrogen (secondary N) is 3. The van der Waals surface area contributed by atoms with Crippen molar-refractivity contribution in [1.29, 1.82) is 0 Å². The fourth-order valence-electron chi connectivity index (χ4n) is 5.84. The molecule has 1 amide bonds. The molecule has 0 fully saturated rings. The van der Waals surface area contributed by atoms with E-state index in [1.807, 2.05) is 49.4 Å². The van der Waals surface area contributed by atoms with Gasteiger partial charge in [-0.3, -0.25) is 29.6 Å². The molecule has 2 aliphatic heterocycles. The van der Waals surface area contributed by atoms with E-state index in [1.54, 1.807) is 12.3 Å². The van der Waals surface area contributed by atoms with Crippen molar-refractivity contribution in [3.8, 4) is 11.3 Å². The van der Waals surface area contributed by atoms with Gasteiger partial charge in [0, 0.05) is 41.2 Å². The number of alkyl halides is 3. The van der Waals surface area contributed by atoms with Crippen LogP contribution in [0.25, 0.3) is 11.3 Å². The van der Waals surface area contributed by atoms with E-state index in [4.69, 9.17) is 11.6 Å². The Balaban J connectivity index is 1.39. The summed E-state index contributed by atoms with van der Waals surface area (Å²) in [6.45, 7) is 2.31. The number of benzene rings is 2. The number of allylic oxidation sites excluding steroid dienone is 1. The second-order valence-corrected chi connectivity index (χ2v) is 11.8. The zero-order valence-corrected chi connectivity index (χ0v) is 25.5. The fraction of sp³-hybridized carbons (Fsp3) is 0.273. The first-order valence-corrected chi connectivity index (χ1v) is 15.2. The molecule has 0 spiro atoms. The van der Waals surface area contributed by atoms with Crippen molar-refractivity contribution in [2.75, 3.05) is 11.6 Å². The van der Waals surface area contributed by atoms with Crippen LogP contribution in [0.5, 0.6) is 0 Å². The quantitative estimate of drug-likeness (QED) is 0.255. The van der Waals surface area contributed by atoms with Crippen molar-refractivity contribution in [1.82, 2.24) is 30.8 Å². The topological polar surface area (TPSA) is 104 Å². The number of rotatable bonds is 4. The number of aromatic nitrogens is 3. The van der Waals surface area contributed by atoms with Gasteiger partial charge >= 0.3 is 6.18 Å². The third kappa shape index (κ3) is 6.63. The summed E-state index contributed by atoms with van der Waals surface area (Å²) in [4.78, 5) is 36.0. The van der Waals surface area contributed by atoms with Crippen LogP contribution in [-0.4, -0.2) is 33.2 Å². The summed E-state index contributed by atoms with van der Waals surface area (Å²) in [7, 11) is 0. The number of nitrogens with zero attached hydrogens (tertiary/aromatic N) is 4. The highest BCUT2D eigenvalue weighted by atomic mass is 35.5. The summed E-state index contributed by atoms with van der Waals surface area (Å²) in [5, 5.41) is 4.59. The van der Waals surface area contributed by atoms with Crippen molar-refractivity contribution in [2.45, 2.75) is 44.3 Å². The van der Waals surface area contributed by atoms with E-state index in [0.717, 1.165) is 22.3 Å². The number of hydrogen-bond acceptors (Lipinski definition) is 7. The lowest BCUT2D eigenvalue weighted by Gasteiger charge is -2.25. The normalized spacial score (nSPS) is 20.6. The van der Waals surface area contributed by atoms with E-state index in [0.29, 0.717) is 47.8 Å². The van der Waals surface area contributed by atoms with Crippen LogP contribution in [0.1, 0.15) is 55.0 Å². The van der Waals surface area contributed by atoms with Crippen molar-refractivity contribution in [3.63, 3.8) is 0 Å². The predicted molar refractivity (Wildman–Crippen MR) is 169 cm³/mol. The van der Waals surface area contributed by atoms with Gasteiger partial charge in [0.25, 0.3) is 5.56 Å². The van der Waals surface area contributed by atoms with Crippen LogP contribution in [0, 0.1) is 5.92 Å². The molecule has 1 unspecified atom stereocenters. The lowest BCUT2D eigenvalue weighted by atomic mass is 9.89. The van der Waals surface area contributed by atoms with Crippen LogP contribution in [0.2, 0.25) is 5.02 Å². The number of carbonyl (C=O) groups excluding carboxylic acids is 1. The first-order chi connectivity index (χ1) is 22.1. The van der Waals surface area contributed by atoms with Gasteiger partial charge in [0.05, 0.1) is 35.6 Å². The molecular formula is C33H31ClF3N7O2. The van der Waals surface area contributed by atoms with Gasteiger partial charge in [0.2, 0.25) is 5.91 Å². The Bertz CT molecular complexity index is 1830. The highest BCUT2D eigenvalue weighted by Gasteiger charge is 2.38. The lowest BCUT2D eigenvalue weighted by Crippen LogP contribution is -2.38. The molecule has 2 bridgehead atoms. The minimum absolute atomic E-state index is 0.0206. The standard InChI is InChI=1S/C33H31ClF3N7O2/c1-20-6-5-9-29(27-14-22(12-13-38-27)25(17-39-32(20)46)21-7-3-2-4-8-21)43-19-40-26(16-31(43)45)24-15-23(34)10-11-28(24)44-18-30(41-42-44)33(35,36)37/h2-4,7-8,10-16,18-20,25,29,41-42H,5-6,9,17H2,1H3,(H,39,46)/t20-,25?,29+/m1/s1. The largest absolute Gasteiger partial charge is 0.433 e. The summed E-state index contributed by atoms with van der Waals surface area (Å²) in [6, 6.07) is 19.3. The van der Waals surface area contributed by atoms with Crippen molar-refractivity contribution >= 4 is 23.2 Å². The minimum Gasteiger partial charge on any atom is -0.355 e. The number of anilines is 1. The van der Waals surface area contributed by atoms with Crippen molar-refractivity contribution in [3.05, 3.63) is 123 Å². The number of hydrazine groups is 2. The summed E-state index contributed by atoms with van der Waals surface area (Å²) < 4.78 is 41.4. The van der Waals surface area contributed by atoms with Gasteiger partial charge in [-0.15, -0.1) is 5.53 Å². The summed E-state index contributed by atoms with van der Waals surface area (Å²) in [5.41, 5.74) is 6.83. The Kier molecular flexibility index (Phi) is 8.83. The zero-order valence-electron chi connectivity index (χ0n) is 24.8. The molecule has 46 heavy (non-hydrogen) atoms. The second-order valence-electron chi connectivity index (χ2n) is 11.4. The number of carbonyl (C=O) groups is 1. The van der Waals surface area contributed by atoms with Crippen LogP contribution in [0.15, 0.2) is 95.9 Å². The van der Waals surface area contributed by atoms with Crippen LogP contribution in [0.3, 0.4) is 0 Å². The molecule has 0 saturated carbocycles. The van der Waals surface area contributed by atoms with Crippen LogP contribution >= 0.6 is 11.6 Å². The number of amides is 1. The average molecular weight is 650 g/mol. The number of hydrogen-bond donors (Lipinski definition) is 3. The Hall–Kier alpha value is -4.68. The number of pyridine rings is 1.